The number of carbonyl (C=O) groups excluding carboxylic acids is 2. The zero-order valence-corrected chi connectivity index (χ0v) is 17.0. The Morgan fingerprint density at radius 1 is 0.871 bits per heavy atom. The van der Waals surface area contributed by atoms with Crippen LogP contribution in [0.25, 0.3) is 0 Å². The molecule has 3 aliphatic carbocycles. The Bertz CT molecular complexity index is 1200. The fourth-order valence-corrected chi connectivity index (χ4v) is 6.25. The number of amides is 2. The number of hydrogen-bond acceptors (Lipinski definition) is 4. The predicted molar refractivity (Wildman–Crippen MR) is 115 cm³/mol. The Labute approximate surface area is 179 Å². The maximum Gasteiger partial charge on any atom is 0.239 e. The number of rotatable bonds is 3. The van der Waals surface area contributed by atoms with Crippen molar-refractivity contribution in [2.45, 2.75) is 11.3 Å². The van der Waals surface area contributed by atoms with Gasteiger partial charge in [0.25, 0.3) is 0 Å². The molecule has 0 spiro atoms. The van der Waals surface area contributed by atoms with Gasteiger partial charge in [0.15, 0.2) is 0 Å². The van der Waals surface area contributed by atoms with Crippen molar-refractivity contribution in [2.75, 3.05) is 18.6 Å². The monoisotopic (exact) mass is 411 g/mol. The lowest BCUT2D eigenvalue weighted by molar-refractivity contribution is -0.124. The summed E-state index contributed by atoms with van der Waals surface area (Å²) in [6.45, 7) is -0.242. The molecule has 1 N–H and O–H groups in total. The lowest BCUT2D eigenvalue weighted by atomic mass is 9.47. The SMILES string of the molecule is COc1ccccc1N1C(=O)[C@@H]2C3c4ccccc4C(CO)(c4ccccc43)[C@H]2C1=O. The van der Waals surface area contributed by atoms with Gasteiger partial charge in [-0.3, -0.25) is 9.59 Å². The molecule has 3 aromatic carbocycles. The van der Waals surface area contributed by atoms with Crippen molar-refractivity contribution in [3.05, 3.63) is 95.1 Å². The average Bonchev–Trinajstić information content (AvgIpc) is 3.09. The van der Waals surface area contributed by atoms with Gasteiger partial charge >= 0.3 is 0 Å². The van der Waals surface area contributed by atoms with Crippen LogP contribution in [0, 0.1) is 11.8 Å². The first-order valence-electron chi connectivity index (χ1n) is 10.5. The highest BCUT2D eigenvalue weighted by molar-refractivity contribution is 6.24. The summed E-state index contributed by atoms with van der Waals surface area (Å²) in [5.74, 6) is -1.47. The first-order chi connectivity index (χ1) is 15.1. The zero-order valence-electron chi connectivity index (χ0n) is 17.0. The van der Waals surface area contributed by atoms with E-state index in [2.05, 4.69) is 0 Å². The first kappa shape index (κ1) is 18.3. The molecule has 0 saturated carbocycles. The molecular formula is C26H21NO4. The Kier molecular flexibility index (Phi) is 3.72. The highest BCUT2D eigenvalue weighted by Gasteiger charge is 2.68. The minimum atomic E-state index is -0.948. The van der Waals surface area contributed by atoms with E-state index in [0.717, 1.165) is 22.3 Å². The van der Waals surface area contributed by atoms with Crippen molar-refractivity contribution in [3.63, 3.8) is 0 Å². The number of para-hydroxylation sites is 2. The van der Waals surface area contributed by atoms with E-state index in [0.29, 0.717) is 11.4 Å². The van der Waals surface area contributed by atoms with Crippen molar-refractivity contribution < 1.29 is 19.4 Å². The van der Waals surface area contributed by atoms with E-state index >= 15 is 0 Å². The number of aliphatic hydroxyl groups is 1. The minimum absolute atomic E-state index is 0.220. The minimum Gasteiger partial charge on any atom is -0.495 e. The molecule has 2 bridgehead atoms. The van der Waals surface area contributed by atoms with Crippen molar-refractivity contribution in [1.29, 1.82) is 0 Å². The van der Waals surface area contributed by atoms with Gasteiger partial charge in [0.05, 0.1) is 36.7 Å². The molecule has 0 aromatic heterocycles. The highest BCUT2D eigenvalue weighted by atomic mass is 16.5. The number of methoxy groups -OCH3 is 1. The van der Waals surface area contributed by atoms with Crippen LogP contribution in [0.3, 0.4) is 0 Å². The van der Waals surface area contributed by atoms with E-state index < -0.39 is 17.3 Å². The highest BCUT2D eigenvalue weighted by Crippen LogP contribution is 2.64. The second-order valence-corrected chi connectivity index (χ2v) is 8.47. The number of benzene rings is 3. The maximum absolute atomic E-state index is 13.9. The summed E-state index contributed by atoms with van der Waals surface area (Å²) in [5, 5.41) is 10.9. The summed E-state index contributed by atoms with van der Waals surface area (Å²) in [6.07, 6.45) is 0. The second-order valence-electron chi connectivity index (χ2n) is 8.47. The van der Waals surface area contributed by atoms with Crippen LogP contribution in [0.4, 0.5) is 5.69 Å². The number of imide groups is 1. The normalized spacial score (nSPS) is 27.7. The van der Waals surface area contributed by atoms with Gasteiger partial charge in [-0.05, 0) is 34.4 Å². The number of aliphatic hydroxyl groups excluding tert-OH is 1. The zero-order chi connectivity index (χ0) is 21.3. The van der Waals surface area contributed by atoms with Crippen LogP contribution in [-0.4, -0.2) is 30.6 Å². The third-order valence-corrected chi connectivity index (χ3v) is 7.37. The van der Waals surface area contributed by atoms with Crippen LogP contribution < -0.4 is 9.64 Å². The van der Waals surface area contributed by atoms with Gasteiger partial charge in [0, 0.05) is 5.92 Å². The van der Waals surface area contributed by atoms with E-state index in [1.54, 1.807) is 18.2 Å². The third kappa shape index (κ3) is 2.04. The van der Waals surface area contributed by atoms with Gasteiger partial charge in [0.2, 0.25) is 11.8 Å². The molecule has 2 amide bonds. The first-order valence-corrected chi connectivity index (χ1v) is 10.5. The van der Waals surface area contributed by atoms with Gasteiger partial charge in [-0.2, -0.15) is 0 Å². The molecule has 0 radical (unpaired) electrons. The third-order valence-electron chi connectivity index (χ3n) is 7.37. The molecule has 0 unspecified atom stereocenters. The van der Waals surface area contributed by atoms with E-state index in [4.69, 9.17) is 4.74 Å². The number of anilines is 1. The molecule has 5 heteroatoms. The van der Waals surface area contributed by atoms with Gasteiger partial charge in [0.1, 0.15) is 5.75 Å². The standard InChI is InChI=1S/C26H21NO4/c1-31-20-13-7-6-12-19(20)27-24(29)22-21-15-8-2-4-10-17(15)26(14-28,23(22)25(27)30)18-11-5-3-9-16(18)21/h2-13,21-23,28H,14H2,1H3/t21?,22-,23-,26?/m1/s1. The van der Waals surface area contributed by atoms with Crippen LogP contribution in [0.15, 0.2) is 72.8 Å². The number of nitrogens with zero attached hydrogens (tertiary/aromatic N) is 1. The summed E-state index contributed by atoms with van der Waals surface area (Å²) < 4.78 is 5.46. The number of carbonyl (C=O) groups is 2. The molecule has 154 valence electrons. The Morgan fingerprint density at radius 3 is 2.06 bits per heavy atom. The lowest BCUT2D eigenvalue weighted by Gasteiger charge is -2.53. The molecule has 1 saturated heterocycles. The van der Waals surface area contributed by atoms with Crippen LogP contribution in [-0.2, 0) is 15.0 Å². The van der Waals surface area contributed by atoms with Crippen molar-refractivity contribution in [2.24, 2.45) is 11.8 Å². The van der Waals surface area contributed by atoms with Crippen LogP contribution in [0.1, 0.15) is 28.2 Å². The molecule has 1 heterocycles. The summed E-state index contributed by atoms with van der Waals surface area (Å²) >= 11 is 0. The molecule has 1 fully saturated rings. The lowest BCUT2D eigenvalue weighted by Crippen LogP contribution is -2.55. The number of hydrogen-bond donors (Lipinski definition) is 1. The molecular weight excluding hydrogens is 390 g/mol. The smallest absolute Gasteiger partial charge is 0.239 e. The fourth-order valence-electron chi connectivity index (χ4n) is 6.25. The van der Waals surface area contributed by atoms with E-state index in [-0.39, 0.29) is 24.3 Å². The Hall–Kier alpha value is -3.44. The Morgan fingerprint density at radius 2 is 1.45 bits per heavy atom. The summed E-state index contributed by atoms with van der Waals surface area (Å²) in [7, 11) is 1.53. The van der Waals surface area contributed by atoms with Gasteiger partial charge in [-0.1, -0.05) is 60.7 Å². The summed E-state index contributed by atoms with van der Waals surface area (Å²) in [5.41, 5.74) is 3.46. The quantitative estimate of drug-likeness (QED) is 0.672. The summed E-state index contributed by atoms with van der Waals surface area (Å²) in [6, 6.07) is 22.9. The predicted octanol–water partition coefficient (Wildman–Crippen LogP) is 3.24. The molecule has 1 aliphatic heterocycles. The van der Waals surface area contributed by atoms with Crippen LogP contribution in [0.5, 0.6) is 5.75 Å². The molecule has 31 heavy (non-hydrogen) atoms. The van der Waals surface area contributed by atoms with Crippen LogP contribution >= 0.6 is 0 Å². The largest absolute Gasteiger partial charge is 0.495 e. The Balaban J connectivity index is 1.64. The fraction of sp³-hybridized carbons (Fsp3) is 0.231. The van der Waals surface area contributed by atoms with E-state index in [9.17, 15) is 14.7 Å². The van der Waals surface area contributed by atoms with Gasteiger partial charge in [-0.25, -0.2) is 4.90 Å². The second kappa shape index (κ2) is 6.28. The number of ether oxygens (including phenoxy) is 1. The molecule has 4 aliphatic rings. The van der Waals surface area contributed by atoms with Crippen molar-refractivity contribution in [1.82, 2.24) is 0 Å². The topological polar surface area (TPSA) is 66.8 Å². The van der Waals surface area contributed by atoms with Gasteiger partial charge < -0.3 is 9.84 Å². The molecule has 3 aromatic rings. The van der Waals surface area contributed by atoms with Gasteiger partial charge in [-0.15, -0.1) is 0 Å². The van der Waals surface area contributed by atoms with E-state index in [1.807, 2.05) is 54.6 Å². The molecule has 7 rings (SSSR count). The van der Waals surface area contributed by atoms with Crippen LogP contribution in [0.2, 0.25) is 0 Å². The van der Waals surface area contributed by atoms with E-state index in [1.165, 1.54) is 12.0 Å². The molecule has 2 atom stereocenters. The van der Waals surface area contributed by atoms with Crippen molar-refractivity contribution >= 4 is 17.5 Å². The summed E-state index contributed by atoms with van der Waals surface area (Å²) in [4.78, 5) is 29.1. The average molecular weight is 411 g/mol. The molecule has 5 nitrogen and oxygen atoms in total. The maximum atomic E-state index is 13.9. The van der Waals surface area contributed by atoms with Crippen molar-refractivity contribution in [3.8, 4) is 5.75 Å².